The van der Waals surface area contributed by atoms with Gasteiger partial charge in [-0.1, -0.05) is 0 Å². The first-order chi connectivity index (χ1) is 6.10. The number of rotatable bonds is 2. The van der Waals surface area contributed by atoms with Crippen molar-refractivity contribution in [2.45, 2.75) is 23.1 Å². The molecule has 1 aliphatic carbocycles. The summed E-state index contributed by atoms with van der Waals surface area (Å²) in [5, 5.41) is 0.458. The molecule has 1 aromatic rings. The van der Waals surface area contributed by atoms with Gasteiger partial charge in [-0.15, -0.1) is 0 Å². The molecule has 1 unspecified atom stereocenters. The molecule has 0 radical (unpaired) electrons. The molecule has 1 N–H and O–H groups in total. The van der Waals surface area contributed by atoms with Crippen LogP contribution in [0, 0.1) is 4.78 Å². The molecular formula is C8H9BrN2OS. The zero-order chi connectivity index (χ0) is 9.47. The van der Waals surface area contributed by atoms with E-state index in [-0.39, 0.29) is 5.25 Å². The number of pyridine rings is 1. The highest BCUT2D eigenvalue weighted by atomic mass is 79.9. The molecular weight excluding hydrogens is 252 g/mol. The number of halogens is 1. The van der Waals surface area contributed by atoms with Gasteiger partial charge in [0.2, 0.25) is 0 Å². The van der Waals surface area contributed by atoms with E-state index in [1.165, 1.54) is 0 Å². The van der Waals surface area contributed by atoms with Gasteiger partial charge < -0.3 is 0 Å². The number of aromatic nitrogens is 1. The van der Waals surface area contributed by atoms with Crippen LogP contribution in [0.3, 0.4) is 0 Å². The minimum absolute atomic E-state index is 0.0428. The Morgan fingerprint density at radius 3 is 2.69 bits per heavy atom. The Balaban J connectivity index is 2.40. The van der Waals surface area contributed by atoms with Crippen molar-refractivity contribution < 1.29 is 4.21 Å². The maximum absolute atomic E-state index is 11.9. The molecule has 1 fully saturated rings. The molecule has 70 valence electrons. The van der Waals surface area contributed by atoms with Crippen LogP contribution in [-0.4, -0.2) is 14.4 Å². The zero-order valence-electron chi connectivity index (χ0n) is 6.87. The molecule has 0 aliphatic heterocycles. The highest BCUT2D eigenvalue weighted by Crippen LogP contribution is 2.33. The van der Waals surface area contributed by atoms with Crippen molar-refractivity contribution in [3.63, 3.8) is 0 Å². The van der Waals surface area contributed by atoms with E-state index in [0.29, 0.717) is 5.03 Å². The molecule has 1 aliphatic rings. The molecule has 0 saturated heterocycles. The summed E-state index contributed by atoms with van der Waals surface area (Å²) in [4.78, 5) is 4.00. The fraction of sp³-hybridized carbons (Fsp3) is 0.375. The van der Waals surface area contributed by atoms with Crippen molar-refractivity contribution in [2.75, 3.05) is 0 Å². The molecule has 13 heavy (non-hydrogen) atoms. The number of hydrogen-bond donors (Lipinski definition) is 1. The topological polar surface area (TPSA) is 53.8 Å². The first-order valence-corrected chi connectivity index (χ1v) is 6.41. The van der Waals surface area contributed by atoms with Crippen LogP contribution in [0.5, 0.6) is 0 Å². The fourth-order valence-corrected chi connectivity index (χ4v) is 2.97. The third kappa shape index (κ3) is 1.76. The van der Waals surface area contributed by atoms with Gasteiger partial charge in [0.25, 0.3) is 0 Å². The monoisotopic (exact) mass is 260 g/mol. The molecule has 2 rings (SSSR count). The Kier molecular flexibility index (Phi) is 2.15. The molecule has 0 amide bonds. The standard InChI is InChI=1S/C8H9BrN2OS/c9-6-1-4-8(11-5-6)13(10,12)7-2-3-7/h1,4-5,7,10H,2-3H2. The van der Waals surface area contributed by atoms with Crippen LogP contribution in [0.4, 0.5) is 0 Å². The van der Waals surface area contributed by atoms with Crippen molar-refractivity contribution in [1.29, 1.82) is 4.78 Å². The van der Waals surface area contributed by atoms with Crippen molar-refractivity contribution in [3.8, 4) is 0 Å². The third-order valence-electron chi connectivity index (χ3n) is 2.00. The van der Waals surface area contributed by atoms with E-state index in [4.69, 9.17) is 4.78 Å². The number of nitrogens with one attached hydrogen (secondary N) is 1. The second-order valence-corrected chi connectivity index (χ2v) is 6.32. The SMILES string of the molecule is N=S(=O)(c1ccc(Br)cn1)C1CC1. The van der Waals surface area contributed by atoms with Gasteiger partial charge in [0.05, 0.1) is 9.73 Å². The Morgan fingerprint density at radius 2 is 2.23 bits per heavy atom. The van der Waals surface area contributed by atoms with Crippen LogP contribution in [-0.2, 0) is 9.73 Å². The van der Waals surface area contributed by atoms with E-state index >= 15 is 0 Å². The van der Waals surface area contributed by atoms with Gasteiger partial charge >= 0.3 is 0 Å². The van der Waals surface area contributed by atoms with Crippen molar-refractivity contribution >= 4 is 25.7 Å². The average Bonchev–Trinajstić information content (AvgIpc) is 2.87. The predicted octanol–water partition coefficient (Wildman–Crippen LogP) is 2.41. The second-order valence-electron chi connectivity index (χ2n) is 3.11. The molecule has 0 bridgehead atoms. The van der Waals surface area contributed by atoms with Crippen LogP contribution < -0.4 is 0 Å². The van der Waals surface area contributed by atoms with E-state index in [1.807, 2.05) is 0 Å². The van der Waals surface area contributed by atoms with E-state index < -0.39 is 9.73 Å². The van der Waals surface area contributed by atoms with Crippen LogP contribution in [0.15, 0.2) is 27.8 Å². The molecule has 1 heterocycles. The van der Waals surface area contributed by atoms with Crippen LogP contribution >= 0.6 is 15.9 Å². The van der Waals surface area contributed by atoms with Gasteiger partial charge in [-0.3, -0.25) is 0 Å². The second kappa shape index (κ2) is 3.06. The Hall–Kier alpha value is -0.420. The van der Waals surface area contributed by atoms with Gasteiger partial charge in [-0.25, -0.2) is 14.0 Å². The van der Waals surface area contributed by atoms with Crippen molar-refractivity contribution in [3.05, 3.63) is 22.8 Å². The average molecular weight is 261 g/mol. The molecule has 0 aromatic carbocycles. The summed E-state index contributed by atoms with van der Waals surface area (Å²) >= 11 is 3.25. The molecule has 5 heteroatoms. The minimum Gasteiger partial charge on any atom is -0.247 e. The third-order valence-corrected chi connectivity index (χ3v) is 4.75. The van der Waals surface area contributed by atoms with Crippen LogP contribution in [0.25, 0.3) is 0 Å². The van der Waals surface area contributed by atoms with E-state index in [2.05, 4.69) is 20.9 Å². The van der Waals surface area contributed by atoms with E-state index in [9.17, 15) is 4.21 Å². The summed E-state index contributed by atoms with van der Waals surface area (Å²) in [6, 6.07) is 3.44. The van der Waals surface area contributed by atoms with Gasteiger partial charge in [-0.05, 0) is 40.9 Å². The highest BCUT2D eigenvalue weighted by molar-refractivity contribution is 9.10. The largest absolute Gasteiger partial charge is 0.247 e. The Morgan fingerprint density at radius 1 is 1.54 bits per heavy atom. The van der Waals surface area contributed by atoms with Crippen molar-refractivity contribution in [1.82, 2.24) is 4.98 Å². The first kappa shape index (κ1) is 9.15. The van der Waals surface area contributed by atoms with Crippen LogP contribution in [0.2, 0.25) is 0 Å². The predicted molar refractivity (Wildman–Crippen MR) is 54.1 cm³/mol. The van der Waals surface area contributed by atoms with Crippen molar-refractivity contribution in [2.24, 2.45) is 0 Å². The van der Waals surface area contributed by atoms with Crippen LogP contribution in [0.1, 0.15) is 12.8 Å². The summed E-state index contributed by atoms with van der Waals surface area (Å²) < 4.78 is 20.4. The maximum Gasteiger partial charge on any atom is 0.135 e. The number of nitrogens with zero attached hydrogens (tertiary/aromatic N) is 1. The fourth-order valence-electron chi connectivity index (χ4n) is 1.11. The minimum atomic E-state index is -2.61. The lowest BCUT2D eigenvalue weighted by atomic mass is 10.5. The summed E-state index contributed by atoms with van der Waals surface area (Å²) in [6.07, 6.45) is 3.39. The van der Waals surface area contributed by atoms with E-state index in [1.54, 1.807) is 18.3 Å². The molecule has 1 atom stereocenters. The highest BCUT2D eigenvalue weighted by Gasteiger charge is 2.34. The smallest absolute Gasteiger partial charge is 0.135 e. The molecule has 3 nitrogen and oxygen atoms in total. The molecule has 0 spiro atoms. The Labute approximate surface area is 85.7 Å². The summed E-state index contributed by atoms with van der Waals surface area (Å²) in [5.41, 5.74) is 0. The van der Waals surface area contributed by atoms with Gasteiger partial charge in [0.1, 0.15) is 5.03 Å². The molecule has 1 saturated carbocycles. The normalized spacial score (nSPS) is 21.0. The lowest BCUT2D eigenvalue weighted by molar-refractivity contribution is 0.670. The first-order valence-electron chi connectivity index (χ1n) is 4.00. The number of hydrogen-bond acceptors (Lipinski definition) is 3. The summed E-state index contributed by atoms with van der Waals surface area (Å²) in [7, 11) is -2.61. The Bertz CT molecular complexity index is 408. The van der Waals surface area contributed by atoms with Gasteiger partial charge in [0, 0.05) is 15.9 Å². The maximum atomic E-state index is 11.9. The summed E-state index contributed by atoms with van der Waals surface area (Å²) in [6.45, 7) is 0. The lowest BCUT2D eigenvalue weighted by Crippen LogP contribution is -2.06. The van der Waals surface area contributed by atoms with Gasteiger partial charge in [-0.2, -0.15) is 0 Å². The van der Waals surface area contributed by atoms with Gasteiger partial charge in [0.15, 0.2) is 0 Å². The quantitative estimate of drug-likeness (QED) is 0.888. The van der Waals surface area contributed by atoms with E-state index in [0.717, 1.165) is 17.3 Å². The zero-order valence-corrected chi connectivity index (χ0v) is 9.27. The lowest BCUT2D eigenvalue weighted by Gasteiger charge is -2.03. The molecule has 1 aromatic heterocycles. The summed E-state index contributed by atoms with van der Waals surface area (Å²) in [5.74, 6) is 0.